The molecule has 2 aliphatic heterocycles. The summed E-state index contributed by atoms with van der Waals surface area (Å²) in [5.74, 6) is -0.343. The van der Waals surface area contributed by atoms with Gasteiger partial charge in [-0.2, -0.15) is 0 Å². The van der Waals surface area contributed by atoms with Gasteiger partial charge >= 0.3 is 6.03 Å². The van der Waals surface area contributed by atoms with Crippen molar-refractivity contribution in [3.05, 3.63) is 24.3 Å². The van der Waals surface area contributed by atoms with Gasteiger partial charge in [0.2, 0.25) is 5.91 Å². The Morgan fingerprint density at radius 1 is 1.16 bits per heavy atom. The lowest BCUT2D eigenvalue weighted by Crippen LogP contribution is -2.54. The van der Waals surface area contributed by atoms with Crippen molar-refractivity contribution in [2.24, 2.45) is 11.3 Å². The molecule has 1 spiro atoms. The van der Waals surface area contributed by atoms with Crippen molar-refractivity contribution in [1.82, 2.24) is 10.2 Å². The smallest absolute Gasteiger partial charge is 0.325 e. The van der Waals surface area contributed by atoms with Crippen LogP contribution in [0.15, 0.2) is 24.3 Å². The Bertz CT molecular complexity index is 863. The van der Waals surface area contributed by atoms with E-state index in [1.54, 1.807) is 0 Å². The standard InChI is InChI=1S/C23H32N4O4/c1-16-12-22(2,3)15-23(13-16)20(29)27(21(30)25-23)14-19(28)24-17-4-6-18(7-5-17)26-8-10-31-11-9-26/h4-7,16H,8-15H2,1-3H3,(H,24,28)(H,25,30)/t16-,23-/m1/s1. The summed E-state index contributed by atoms with van der Waals surface area (Å²) in [5, 5.41) is 5.71. The number of nitrogens with one attached hydrogen (secondary N) is 2. The van der Waals surface area contributed by atoms with Crippen LogP contribution in [-0.4, -0.2) is 61.1 Å². The van der Waals surface area contributed by atoms with Crippen LogP contribution < -0.4 is 15.5 Å². The lowest BCUT2D eigenvalue weighted by molar-refractivity contribution is -0.136. The van der Waals surface area contributed by atoms with E-state index in [-0.39, 0.29) is 23.8 Å². The Hall–Kier alpha value is -2.61. The van der Waals surface area contributed by atoms with Gasteiger partial charge in [0.25, 0.3) is 5.91 Å². The number of nitrogens with zero attached hydrogens (tertiary/aromatic N) is 2. The van der Waals surface area contributed by atoms with Crippen LogP contribution in [0.1, 0.15) is 40.0 Å². The van der Waals surface area contributed by atoms with Gasteiger partial charge in [-0.1, -0.05) is 20.8 Å². The van der Waals surface area contributed by atoms with E-state index in [9.17, 15) is 14.4 Å². The molecular weight excluding hydrogens is 396 g/mol. The van der Waals surface area contributed by atoms with Crippen molar-refractivity contribution in [3.63, 3.8) is 0 Å². The van der Waals surface area contributed by atoms with Gasteiger partial charge in [-0.15, -0.1) is 0 Å². The average Bonchev–Trinajstić information content (AvgIpc) is 2.91. The van der Waals surface area contributed by atoms with Crippen molar-refractivity contribution in [2.45, 2.75) is 45.6 Å². The molecule has 1 saturated carbocycles. The van der Waals surface area contributed by atoms with Crippen LogP contribution in [-0.2, 0) is 14.3 Å². The van der Waals surface area contributed by atoms with E-state index in [0.29, 0.717) is 37.7 Å². The summed E-state index contributed by atoms with van der Waals surface area (Å²) in [6.45, 7) is 9.18. The molecule has 4 amide bonds. The van der Waals surface area contributed by atoms with E-state index in [0.717, 1.165) is 30.1 Å². The zero-order chi connectivity index (χ0) is 22.2. The molecule has 3 aliphatic rings. The summed E-state index contributed by atoms with van der Waals surface area (Å²) >= 11 is 0. The van der Waals surface area contributed by atoms with Crippen LogP contribution in [0.3, 0.4) is 0 Å². The van der Waals surface area contributed by atoms with E-state index < -0.39 is 11.6 Å². The molecule has 2 N–H and O–H groups in total. The van der Waals surface area contributed by atoms with Crippen LogP contribution in [0.4, 0.5) is 16.2 Å². The Morgan fingerprint density at radius 3 is 2.48 bits per heavy atom. The molecule has 1 aromatic rings. The second kappa shape index (κ2) is 8.15. The van der Waals surface area contributed by atoms with Crippen molar-refractivity contribution in [1.29, 1.82) is 0 Å². The van der Waals surface area contributed by atoms with Crippen molar-refractivity contribution < 1.29 is 19.1 Å². The summed E-state index contributed by atoms with van der Waals surface area (Å²) in [6.07, 6.45) is 2.22. The minimum Gasteiger partial charge on any atom is -0.378 e. The van der Waals surface area contributed by atoms with Crippen molar-refractivity contribution in [3.8, 4) is 0 Å². The maximum Gasteiger partial charge on any atom is 0.325 e. The molecule has 0 aromatic heterocycles. The van der Waals surface area contributed by atoms with Gasteiger partial charge < -0.3 is 20.3 Å². The normalized spacial score (nSPS) is 28.0. The monoisotopic (exact) mass is 428 g/mol. The minimum atomic E-state index is -0.891. The van der Waals surface area contributed by atoms with Crippen molar-refractivity contribution >= 4 is 29.2 Å². The number of ether oxygens (including phenoxy) is 1. The quantitative estimate of drug-likeness (QED) is 0.720. The maximum absolute atomic E-state index is 13.2. The molecule has 4 rings (SSSR count). The third kappa shape index (κ3) is 4.54. The van der Waals surface area contributed by atoms with E-state index in [2.05, 4.69) is 36.3 Å². The maximum atomic E-state index is 13.2. The van der Waals surface area contributed by atoms with Gasteiger partial charge in [0, 0.05) is 24.5 Å². The fourth-order valence-corrected chi connectivity index (χ4v) is 5.57. The zero-order valence-corrected chi connectivity index (χ0v) is 18.6. The summed E-state index contributed by atoms with van der Waals surface area (Å²) in [5.41, 5.74) is 0.780. The topological polar surface area (TPSA) is 91.0 Å². The van der Waals surface area contributed by atoms with E-state index in [1.165, 1.54) is 0 Å². The first kappa shape index (κ1) is 21.6. The summed E-state index contributed by atoms with van der Waals surface area (Å²) < 4.78 is 5.37. The molecule has 2 atom stereocenters. The molecule has 0 radical (unpaired) electrons. The SMILES string of the molecule is C[C@@H]1CC(C)(C)C[C@@]2(C1)NC(=O)N(CC(=O)Nc1ccc(N3CCOCC3)cc1)C2=O. The van der Waals surface area contributed by atoms with Crippen molar-refractivity contribution in [2.75, 3.05) is 43.1 Å². The number of carbonyl (C=O) groups is 3. The molecular formula is C23H32N4O4. The van der Waals surface area contributed by atoms with Crippen LogP contribution in [0.25, 0.3) is 0 Å². The molecule has 1 aliphatic carbocycles. The van der Waals surface area contributed by atoms with Crippen LogP contribution in [0.2, 0.25) is 0 Å². The molecule has 0 unspecified atom stereocenters. The number of benzene rings is 1. The van der Waals surface area contributed by atoms with Gasteiger partial charge in [0.15, 0.2) is 0 Å². The first-order valence-corrected chi connectivity index (χ1v) is 11.0. The second-order valence-electron chi connectivity index (χ2n) is 9.95. The molecule has 31 heavy (non-hydrogen) atoms. The molecule has 3 fully saturated rings. The van der Waals surface area contributed by atoms with Gasteiger partial charge in [0.1, 0.15) is 12.1 Å². The highest BCUT2D eigenvalue weighted by molar-refractivity contribution is 6.10. The predicted molar refractivity (Wildman–Crippen MR) is 118 cm³/mol. The van der Waals surface area contributed by atoms with Gasteiger partial charge in [-0.25, -0.2) is 4.79 Å². The predicted octanol–water partition coefficient (Wildman–Crippen LogP) is 2.60. The molecule has 1 aromatic carbocycles. The Balaban J connectivity index is 1.38. The number of carbonyl (C=O) groups excluding carboxylic acids is 3. The van der Waals surface area contributed by atoms with Crippen LogP contribution >= 0.6 is 0 Å². The van der Waals surface area contributed by atoms with Crippen LogP contribution in [0.5, 0.6) is 0 Å². The highest BCUT2D eigenvalue weighted by atomic mass is 16.5. The number of hydrogen-bond acceptors (Lipinski definition) is 5. The molecule has 2 heterocycles. The lowest BCUT2D eigenvalue weighted by Gasteiger charge is -2.43. The summed E-state index contributed by atoms with van der Waals surface area (Å²) in [4.78, 5) is 41.7. The number of morpholine rings is 1. The second-order valence-corrected chi connectivity index (χ2v) is 9.95. The number of imide groups is 1. The molecule has 8 nitrogen and oxygen atoms in total. The number of rotatable bonds is 4. The third-order valence-corrected chi connectivity index (χ3v) is 6.45. The zero-order valence-electron chi connectivity index (χ0n) is 18.6. The fourth-order valence-electron chi connectivity index (χ4n) is 5.57. The Morgan fingerprint density at radius 2 is 1.84 bits per heavy atom. The summed E-state index contributed by atoms with van der Waals surface area (Å²) in [6, 6.07) is 7.10. The molecule has 0 bridgehead atoms. The Kier molecular flexibility index (Phi) is 5.68. The number of anilines is 2. The van der Waals surface area contributed by atoms with E-state index in [4.69, 9.17) is 4.74 Å². The van der Waals surface area contributed by atoms with Gasteiger partial charge in [-0.3, -0.25) is 14.5 Å². The molecule has 8 heteroatoms. The summed E-state index contributed by atoms with van der Waals surface area (Å²) in [7, 11) is 0. The molecule has 2 saturated heterocycles. The highest BCUT2D eigenvalue weighted by Crippen LogP contribution is 2.46. The lowest BCUT2D eigenvalue weighted by atomic mass is 9.64. The number of urea groups is 1. The first-order valence-electron chi connectivity index (χ1n) is 11.0. The van der Waals surface area contributed by atoms with E-state index in [1.807, 2.05) is 24.3 Å². The van der Waals surface area contributed by atoms with Gasteiger partial charge in [-0.05, 0) is 54.9 Å². The van der Waals surface area contributed by atoms with Crippen LogP contribution in [0, 0.1) is 11.3 Å². The third-order valence-electron chi connectivity index (χ3n) is 6.45. The Labute approximate surface area is 183 Å². The fraction of sp³-hybridized carbons (Fsp3) is 0.609. The largest absolute Gasteiger partial charge is 0.378 e. The number of hydrogen-bond donors (Lipinski definition) is 2. The minimum absolute atomic E-state index is 0.0406. The van der Waals surface area contributed by atoms with E-state index >= 15 is 0 Å². The first-order chi connectivity index (χ1) is 14.7. The van der Waals surface area contributed by atoms with Gasteiger partial charge in [0.05, 0.1) is 13.2 Å². The highest BCUT2D eigenvalue weighted by Gasteiger charge is 2.56. The molecule has 168 valence electrons. The average molecular weight is 429 g/mol. The number of amides is 4.